The molecule has 5 nitrogen and oxygen atoms in total. The average Bonchev–Trinajstić information content (AvgIpc) is 3.04. The molecule has 0 heterocycles. The molecule has 15 heavy (non-hydrogen) atoms. The van der Waals surface area contributed by atoms with E-state index in [0.29, 0.717) is 6.42 Å². The van der Waals surface area contributed by atoms with Gasteiger partial charge in [-0.15, -0.1) is 0 Å². The first kappa shape index (κ1) is 12.3. The third-order valence-corrected chi connectivity index (χ3v) is 3.14. The van der Waals surface area contributed by atoms with Gasteiger partial charge in [-0.1, -0.05) is 12.1 Å². The third-order valence-electron chi connectivity index (χ3n) is 3.14. The fourth-order valence-corrected chi connectivity index (χ4v) is 1.58. The van der Waals surface area contributed by atoms with Crippen LogP contribution in [0.25, 0.3) is 0 Å². The summed E-state index contributed by atoms with van der Waals surface area (Å²) >= 11 is 0. The Kier molecular flexibility index (Phi) is 4.35. The van der Waals surface area contributed by atoms with E-state index in [1.54, 1.807) is 0 Å². The number of amidine groups is 1. The number of rotatable bonds is 7. The number of nitrogens with zero attached hydrogens (tertiary/aromatic N) is 1. The first-order valence-electron chi connectivity index (χ1n) is 5.46. The summed E-state index contributed by atoms with van der Waals surface area (Å²) in [5.41, 5.74) is 5.56. The molecule has 0 aromatic carbocycles. The summed E-state index contributed by atoms with van der Waals surface area (Å²) in [5, 5.41) is 23.9. The average molecular weight is 215 g/mol. The van der Waals surface area contributed by atoms with Crippen molar-refractivity contribution in [3.8, 4) is 0 Å². The topological polar surface area (TPSA) is 90.9 Å². The zero-order valence-corrected chi connectivity index (χ0v) is 9.24. The van der Waals surface area contributed by atoms with Gasteiger partial charge >= 0.3 is 0 Å². The number of aliphatic hydroxyl groups excluding tert-OH is 1. The number of hydrogen-bond donors (Lipinski definition) is 4. The van der Waals surface area contributed by atoms with E-state index < -0.39 is 0 Å². The maximum Gasteiger partial charge on any atom is 0.140 e. The van der Waals surface area contributed by atoms with Crippen molar-refractivity contribution in [3.05, 3.63) is 0 Å². The summed E-state index contributed by atoms with van der Waals surface area (Å²) in [5.74, 6) is 0.253. The van der Waals surface area contributed by atoms with E-state index in [2.05, 4.69) is 17.4 Å². The zero-order valence-electron chi connectivity index (χ0n) is 9.24. The van der Waals surface area contributed by atoms with Gasteiger partial charge in [-0.25, -0.2) is 0 Å². The summed E-state index contributed by atoms with van der Waals surface area (Å²) < 4.78 is 0. The van der Waals surface area contributed by atoms with Crippen LogP contribution < -0.4 is 11.1 Å². The van der Waals surface area contributed by atoms with Crippen LogP contribution in [0.5, 0.6) is 0 Å². The molecule has 1 unspecified atom stereocenters. The van der Waals surface area contributed by atoms with Crippen LogP contribution in [0.4, 0.5) is 0 Å². The quantitative estimate of drug-likeness (QED) is 0.212. The fraction of sp³-hybridized carbons (Fsp3) is 0.900. The molecular weight excluding hydrogens is 194 g/mol. The van der Waals surface area contributed by atoms with Crippen molar-refractivity contribution >= 4 is 5.84 Å². The molecule has 88 valence electrons. The lowest BCUT2D eigenvalue weighted by Crippen LogP contribution is -2.37. The molecule has 0 aliphatic heterocycles. The van der Waals surface area contributed by atoms with Gasteiger partial charge in [-0.3, -0.25) is 0 Å². The normalized spacial score (nSPS) is 21.3. The number of oxime groups is 1. The van der Waals surface area contributed by atoms with Crippen molar-refractivity contribution in [2.24, 2.45) is 16.3 Å². The van der Waals surface area contributed by atoms with Gasteiger partial charge in [0.2, 0.25) is 0 Å². The van der Waals surface area contributed by atoms with Gasteiger partial charge in [0.25, 0.3) is 0 Å². The minimum absolute atomic E-state index is 0.110. The SMILES string of the molecule is CCC(CC(N)=NO)NCC1(CO)CC1. The number of aliphatic hydroxyl groups is 1. The van der Waals surface area contributed by atoms with Crippen LogP contribution in [-0.4, -0.2) is 35.3 Å². The summed E-state index contributed by atoms with van der Waals surface area (Å²) in [6, 6.07) is 0.227. The van der Waals surface area contributed by atoms with E-state index >= 15 is 0 Å². The highest BCUT2D eigenvalue weighted by atomic mass is 16.4. The first-order chi connectivity index (χ1) is 7.15. The predicted octanol–water partition coefficient (Wildman–Crippen LogP) is 0.264. The highest BCUT2D eigenvalue weighted by molar-refractivity contribution is 5.80. The van der Waals surface area contributed by atoms with Crippen molar-refractivity contribution in [2.75, 3.05) is 13.2 Å². The summed E-state index contributed by atoms with van der Waals surface area (Å²) in [6.45, 7) is 3.13. The Morgan fingerprint density at radius 1 is 1.60 bits per heavy atom. The lowest BCUT2D eigenvalue weighted by atomic mass is 10.1. The molecule has 1 fully saturated rings. The second-order valence-electron chi connectivity index (χ2n) is 4.44. The maximum atomic E-state index is 9.14. The van der Waals surface area contributed by atoms with Crippen molar-refractivity contribution in [1.29, 1.82) is 0 Å². The standard InChI is InChI=1S/C10H21N3O2/c1-2-8(5-9(11)13-15)12-6-10(7-14)3-4-10/h8,12,14-15H,2-7H2,1H3,(H2,11,13). The van der Waals surface area contributed by atoms with Crippen LogP contribution in [-0.2, 0) is 0 Å². The van der Waals surface area contributed by atoms with Crippen LogP contribution in [0, 0.1) is 5.41 Å². The molecule has 5 heteroatoms. The number of hydrogen-bond acceptors (Lipinski definition) is 4. The minimum atomic E-state index is 0.110. The van der Waals surface area contributed by atoms with E-state index in [1.165, 1.54) is 0 Å². The van der Waals surface area contributed by atoms with Gasteiger partial charge < -0.3 is 21.4 Å². The van der Waals surface area contributed by atoms with Gasteiger partial charge in [0.05, 0.1) is 0 Å². The Bertz CT molecular complexity index is 227. The first-order valence-corrected chi connectivity index (χ1v) is 5.46. The third kappa shape index (κ3) is 3.68. The Labute approximate surface area is 90.3 Å². The van der Waals surface area contributed by atoms with Crippen LogP contribution in [0.1, 0.15) is 32.6 Å². The van der Waals surface area contributed by atoms with Crippen molar-refractivity contribution < 1.29 is 10.3 Å². The van der Waals surface area contributed by atoms with E-state index in [1.807, 2.05) is 0 Å². The van der Waals surface area contributed by atoms with Crippen LogP contribution in [0.2, 0.25) is 0 Å². The largest absolute Gasteiger partial charge is 0.409 e. The van der Waals surface area contributed by atoms with E-state index in [9.17, 15) is 0 Å². The Balaban J connectivity index is 2.28. The Hall–Kier alpha value is -0.810. The molecule has 0 amide bonds. The molecule has 0 spiro atoms. The molecule has 0 bridgehead atoms. The predicted molar refractivity (Wildman–Crippen MR) is 58.9 cm³/mol. The molecule has 0 saturated heterocycles. The summed E-state index contributed by atoms with van der Waals surface area (Å²) in [7, 11) is 0. The molecular formula is C10H21N3O2. The summed E-state index contributed by atoms with van der Waals surface area (Å²) in [4.78, 5) is 0. The van der Waals surface area contributed by atoms with Crippen LogP contribution in [0.15, 0.2) is 5.16 Å². The molecule has 1 aliphatic rings. The highest BCUT2D eigenvalue weighted by Crippen LogP contribution is 2.44. The highest BCUT2D eigenvalue weighted by Gasteiger charge is 2.41. The lowest BCUT2D eigenvalue weighted by Gasteiger charge is -2.20. The Morgan fingerprint density at radius 3 is 2.67 bits per heavy atom. The second-order valence-corrected chi connectivity index (χ2v) is 4.44. The van der Waals surface area contributed by atoms with Crippen molar-refractivity contribution in [1.82, 2.24) is 5.32 Å². The monoisotopic (exact) mass is 215 g/mol. The van der Waals surface area contributed by atoms with Gasteiger partial charge in [-0.2, -0.15) is 0 Å². The Morgan fingerprint density at radius 2 is 2.27 bits per heavy atom. The number of nitrogens with one attached hydrogen (secondary N) is 1. The van der Waals surface area contributed by atoms with E-state index in [4.69, 9.17) is 16.0 Å². The lowest BCUT2D eigenvalue weighted by molar-refractivity contribution is 0.203. The van der Waals surface area contributed by atoms with Crippen molar-refractivity contribution in [3.63, 3.8) is 0 Å². The molecule has 1 atom stereocenters. The van der Waals surface area contributed by atoms with Crippen LogP contribution in [0.3, 0.4) is 0 Å². The van der Waals surface area contributed by atoms with E-state index in [-0.39, 0.29) is 23.9 Å². The van der Waals surface area contributed by atoms with Gasteiger partial charge in [0.15, 0.2) is 0 Å². The minimum Gasteiger partial charge on any atom is -0.409 e. The number of nitrogens with two attached hydrogens (primary N) is 1. The van der Waals surface area contributed by atoms with Crippen molar-refractivity contribution in [2.45, 2.75) is 38.6 Å². The molecule has 5 N–H and O–H groups in total. The summed E-state index contributed by atoms with van der Waals surface area (Å²) in [6.07, 6.45) is 3.67. The van der Waals surface area contributed by atoms with Crippen LogP contribution >= 0.6 is 0 Å². The molecule has 0 aromatic heterocycles. The van der Waals surface area contributed by atoms with Gasteiger partial charge in [0.1, 0.15) is 5.84 Å². The van der Waals surface area contributed by atoms with Gasteiger partial charge in [-0.05, 0) is 19.3 Å². The molecule has 1 rings (SSSR count). The molecule has 1 saturated carbocycles. The zero-order chi connectivity index (χ0) is 11.3. The second kappa shape index (κ2) is 5.32. The fourth-order valence-electron chi connectivity index (χ4n) is 1.58. The maximum absolute atomic E-state index is 9.14. The smallest absolute Gasteiger partial charge is 0.140 e. The molecule has 1 aliphatic carbocycles. The molecule has 0 radical (unpaired) electrons. The van der Waals surface area contributed by atoms with E-state index in [0.717, 1.165) is 25.8 Å². The van der Waals surface area contributed by atoms with Gasteiger partial charge in [0, 0.05) is 31.0 Å². The molecule has 0 aromatic rings.